The van der Waals surface area contributed by atoms with E-state index in [4.69, 9.17) is 0 Å². The topological polar surface area (TPSA) is 47.2 Å². The van der Waals surface area contributed by atoms with E-state index in [0.717, 1.165) is 25.9 Å². The van der Waals surface area contributed by atoms with E-state index in [9.17, 15) is 9.59 Å². The van der Waals surface area contributed by atoms with Crippen LogP contribution in [0, 0.1) is 6.92 Å². The minimum Gasteiger partial charge on any atom is -0.304 e. The normalized spacial score (nSPS) is 11.3. The second-order valence-corrected chi connectivity index (χ2v) is 5.91. The van der Waals surface area contributed by atoms with Gasteiger partial charge in [-0.15, -0.1) is 0 Å². The van der Waals surface area contributed by atoms with Crippen molar-refractivity contribution in [3.05, 3.63) is 32.6 Å². The molecule has 0 spiro atoms. The number of unbranched alkanes of at least 4 members (excludes halogenated alkanes) is 4. The van der Waals surface area contributed by atoms with Gasteiger partial charge in [0.05, 0.1) is 0 Å². The third-order valence-electron chi connectivity index (χ3n) is 4.40. The van der Waals surface area contributed by atoms with Crippen LogP contribution in [-0.4, -0.2) is 33.7 Å². The predicted molar refractivity (Wildman–Crippen MR) is 91.6 cm³/mol. The zero-order valence-corrected chi connectivity index (χ0v) is 14.6. The van der Waals surface area contributed by atoms with Crippen LogP contribution >= 0.6 is 0 Å². The van der Waals surface area contributed by atoms with Crippen LogP contribution in [0.5, 0.6) is 0 Å². The lowest BCUT2D eigenvalue weighted by atomic mass is 10.1. The van der Waals surface area contributed by atoms with Gasteiger partial charge >= 0.3 is 5.69 Å². The molecule has 0 unspecified atom stereocenters. The molecule has 1 rings (SSSR count). The van der Waals surface area contributed by atoms with Crippen LogP contribution in [0.15, 0.2) is 15.7 Å². The van der Waals surface area contributed by atoms with Gasteiger partial charge in [0.1, 0.15) is 0 Å². The predicted octanol–water partition coefficient (Wildman–Crippen LogP) is 2.15. The van der Waals surface area contributed by atoms with E-state index < -0.39 is 0 Å². The lowest BCUT2D eigenvalue weighted by Gasteiger charge is -2.17. The van der Waals surface area contributed by atoms with E-state index in [1.54, 1.807) is 14.0 Å². The molecule has 1 heterocycles. The van der Waals surface area contributed by atoms with Crippen LogP contribution in [0.4, 0.5) is 0 Å². The van der Waals surface area contributed by atoms with Crippen LogP contribution in [0.3, 0.4) is 0 Å². The summed E-state index contributed by atoms with van der Waals surface area (Å²) in [4.78, 5) is 26.3. The number of hydrogen-bond acceptors (Lipinski definition) is 3. The number of hydrogen-bond donors (Lipinski definition) is 0. The number of aromatic nitrogens is 2. The molecular weight excluding hydrogens is 278 g/mol. The molecule has 0 aliphatic rings. The monoisotopic (exact) mass is 309 g/mol. The summed E-state index contributed by atoms with van der Waals surface area (Å²) in [5, 5.41) is 0. The van der Waals surface area contributed by atoms with Crippen LogP contribution in [0.2, 0.25) is 0 Å². The Kier molecular flexibility index (Phi) is 8.17. The molecule has 0 N–H and O–H groups in total. The van der Waals surface area contributed by atoms with Gasteiger partial charge in [0.2, 0.25) is 0 Å². The van der Waals surface area contributed by atoms with E-state index in [-0.39, 0.29) is 11.2 Å². The van der Waals surface area contributed by atoms with Crippen LogP contribution in [0.1, 0.15) is 51.6 Å². The lowest BCUT2D eigenvalue weighted by Crippen LogP contribution is -2.39. The first kappa shape index (κ1) is 18.7. The highest BCUT2D eigenvalue weighted by molar-refractivity contribution is 4.99. The number of nitrogens with zero attached hydrogens (tertiary/aromatic N) is 3. The van der Waals surface area contributed by atoms with Crippen molar-refractivity contribution >= 4 is 0 Å². The van der Waals surface area contributed by atoms with E-state index in [2.05, 4.69) is 18.7 Å². The van der Waals surface area contributed by atoms with Gasteiger partial charge in [0, 0.05) is 25.4 Å². The molecule has 126 valence electrons. The van der Waals surface area contributed by atoms with Crippen molar-refractivity contribution in [1.29, 1.82) is 0 Å². The quantitative estimate of drug-likeness (QED) is 0.622. The van der Waals surface area contributed by atoms with Crippen molar-refractivity contribution in [3.8, 4) is 0 Å². The van der Waals surface area contributed by atoms with Crippen molar-refractivity contribution in [3.63, 3.8) is 0 Å². The molecule has 0 aliphatic heterocycles. The van der Waals surface area contributed by atoms with Gasteiger partial charge in [-0.1, -0.05) is 33.1 Å². The Morgan fingerprint density at radius 1 is 1.00 bits per heavy atom. The molecule has 1 aromatic heterocycles. The summed E-state index contributed by atoms with van der Waals surface area (Å²) in [7, 11) is 1.71. The van der Waals surface area contributed by atoms with Crippen molar-refractivity contribution in [2.24, 2.45) is 7.05 Å². The van der Waals surface area contributed by atoms with Gasteiger partial charge in [-0.05, 0) is 39.4 Å². The third kappa shape index (κ3) is 5.44. The Hall–Kier alpha value is -1.36. The van der Waals surface area contributed by atoms with E-state index in [1.165, 1.54) is 41.0 Å². The fraction of sp³-hybridized carbons (Fsp3) is 0.765. The maximum absolute atomic E-state index is 12.0. The Balaban J connectivity index is 2.30. The highest BCUT2D eigenvalue weighted by Gasteiger charge is 2.05. The summed E-state index contributed by atoms with van der Waals surface area (Å²) in [5.41, 5.74) is 0.330. The Labute approximate surface area is 133 Å². The number of aryl methyl sites for hydroxylation is 1. The number of rotatable bonds is 10. The summed E-state index contributed by atoms with van der Waals surface area (Å²) < 4.78 is 2.88. The molecule has 0 atom stereocenters. The standard InChI is InChI=1S/C17H31N3O2/c1-5-19(6-2)12-10-8-7-9-11-13-20-16(21)14-15(3)18(4)17(20)22/h14H,5-13H2,1-4H3. The first-order valence-corrected chi connectivity index (χ1v) is 8.51. The average Bonchev–Trinajstić information content (AvgIpc) is 2.50. The van der Waals surface area contributed by atoms with E-state index in [1.807, 2.05) is 0 Å². The molecule has 1 aromatic rings. The minimum atomic E-state index is -0.202. The summed E-state index contributed by atoms with van der Waals surface area (Å²) in [6.45, 7) is 10.1. The Bertz CT molecular complexity index is 556. The van der Waals surface area contributed by atoms with E-state index >= 15 is 0 Å². The highest BCUT2D eigenvalue weighted by Crippen LogP contribution is 2.05. The summed E-state index contributed by atoms with van der Waals surface area (Å²) in [6, 6.07) is 1.53. The molecule has 22 heavy (non-hydrogen) atoms. The molecule has 0 bridgehead atoms. The largest absolute Gasteiger partial charge is 0.330 e. The zero-order chi connectivity index (χ0) is 16.5. The van der Waals surface area contributed by atoms with Gasteiger partial charge < -0.3 is 9.47 Å². The van der Waals surface area contributed by atoms with Crippen molar-refractivity contribution < 1.29 is 0 Å². The molecule has 0 saturated carbocycles. The summed E-state index contributed by atoms with van der Waals surface area (Å²) in [6.07, 6.45) is 5.58. The maximum atomic E-state index is 12.0. The van der Waals surface area contributed by atoms with Gasteiger partial charge in [0.15, 0.2) is 0 Å². The molecule has 0 aliphatic carbocycles. The van der Waals surface area contributed by atoms with E-state index in [0.29, 0.717) is 12.2 Å². The molecule has 0 fully saturated rings. The molecule has 0 saturated heterocycles. The van der Waals surface area contributed by atoms with Crippen molar-refractivity contribution in [1.82, 2.24) is 14.0 Å². The van der Waals surface area contributed by atoms with Crippen molar-refractivity contribution in [2.75, 3.05) is 19.6 Å². The minimum absolute atomic E-state index is 0.179. The SMILES string of the molecule is CCN(CC)CCCCCCCn1c(=O)cc(C)n(C)c1=O. The fourth-order valence-electron chi connectivity index (χ4n) is 2.66. The Morgan fingerprint density at radius 3 is 2.23 bits per heavy atom. The van der Waals surface area contributed by atoms with Gasteiger partial charge in [-0.3, -0.25) is 9.36 Å². The zero-order valence-electron chi connectivity index (χ0n) is 14.6. The average molecular weight is 309 g/mol. The van der Waals surface area contributed by atoms with Gasteiger partial charge in [-0.25, -0.2) is 4.79 Å². The van der Waals surface area contributed by atoms with Crippen LogP contribution < -0.4 is 11.2 Å². The summed E-state index contributed by atoms with van der Waals surface area (Å²) >= 11 is 0. The first-order chi connectivity index (χ1) is 10.5. The first-order valence-electron chi connectivity index (χ1n) is 8.51. The molecule has 0 aromatic carbocycles. The van der Waals surface area contributed by atoms with Crippen LogP contribution in [-0.2, 0) is 13.6 Å². The van der Waals surface area contributed by atoms with Crippen molar-refractivity contribution in [2.45, 2.75) is 59.4 Å². The lowest BCUT2D eigenvalue weighted by molar-refractivity contribution is 0.295. The maximum Gasteiger partial charge on any atom is 0.330 e. The molecule has 5 heteroatoms. The fourth-order valence-corrected chi connectivity index (χ4v) is 2.66. The molecule has 0 amide bonds. The van der Waals surface area contributed by atoms with Gasteiger partial charge in [0.25, 0.3) is 5.56 Å². The van der Waals surface area contributed by atoms with Crippen LogP contribution in [0.25, 0.3) is 0 Å². The molecule has 0 radical (unpaired) electrons. The second-order valence-electron chi connectivity index (χ2n) is 5.91. The third-order valence-corrected chi connectivity index (χ3v) is 4.40. The Morgan fingerprint density at radius 2 is 1.59 bits per heavy atom. The van der Waals surface area contributed by atoms with Gasteiger partial charge in [-0.2, -0.15) is 0 Å². The molecule has 5 nitrogen and oxygen atoms in total. The molecular formula is C17H31N3O2. The highest BCUT2D eigenvalue weighted by atomic mass is 16.2. The summed E-state index contributed by atoms with van der Waals surface area (Å²) in [5.74, 6) is 0. The smallest absolute Gasteiger partial charge is 0.304 e. The second kappa shape index (κ2) is 9.62.